The van der Waals surface area contributed by atoms with E-state index in [2.05, 4.69) is 35.8 Å². The number of thioether (sulfide) groups is 1. The van der Waals surface area contributed by atoms with Gasteiger partial charge in [-0.3, -0.25) is 10.1 Å². The molecule has 0 radical (unpaired) electrons. The zero-order valence-corrected chi connectivity index (χ0v) is 16.3. The summed E-state index contributed by atoms with van der Waals surface area (Å²) in [6.45, 7) is 2.57. The number of anilines is 2. The molecular weight excluding hydrogens is 364 g/mol. The molecule has 0 saturated carbocycles. The second kappa shape index (κ2) is 11.3. The first-order chi connectivity index (χ1) is 13.1. The Bertz CT molecular complexity index is 767. The number of carbonyl (C=O) groups excluding carboxylic acids is 2. The van der Waals surface area contributed by atoms with Gasteiger partial charge in [0, 0.05) is 24.2 Å². The van der Waals surface area contributed by atoms with Crippen LogP contribution in [0.4, 0.5) is 16.2 Å². The molecule has 0 saturated heterocycles. The minimum Gasteiger partial charge on any atom is -0.447 e. The van der Waals surface area contributed by atoms with E-state index in [1.165, 1.54) is 18.2 Å². The van der Waals surface area contributed by atoms with E-state index in [9.17, 15) is 9.59 Å². The van der Waals surface area contributed by atoms with Gasteiger partial charge in [-0.05, 0) is 30.7 Å². The fourth-order valence-electron chi connectivity index (χ4n) is 2.31. The van der Waals surface area contributed by atoms with Crippen molar-refractivity contribution in [3.8, 4) is 0 Å². The Morgan fingerprint density at radius 2 is 1.74 bits per heavy atom. The van der Waals surface area contributed by atoms with Crippen molar-refractivity contribution < 1.29 is 19.1 Å². The highest BCUT2D eigenvalue weighted by Crippen LogP contribution is 2.17. The Morgan fingerprint density at radius 3 is 2.48 bits per heavy atom. The van der Waals surface area contributed by atoms with Crippen molar-refractivity contribution in [3.05, 3.63) is 59.7 Å². The third-order valence-electron chi connectivity index (χ3n) is 3.50. The normalized spacial score (nSPS) is 10.3. The van der Waals surface area contributed by atoms with Gasteiger partial charge >= 0.3 is 6.09 Å². The molecule has 0 aliphatic carbocycles. The van der Waals surface area contributed by atoms with Gasteiger partial charge in [-0.2, -0.15) is 0 Å². The van der Waals surface area contributed by atoms with Gasteiger partial charge in [0.25, 0.3) is 0 Å². The third kappa shape index (κ3) is 8.15. The SMILES string of the molecule is COCCOC(=O)Nc1cccc(NC(=O)CSCc2cccc(C)c2)c1. The molecule has 0 fully saturated rings. The molecule has 6 nitrogen and oxygen atoms in total. The van der Waals surface area contributed by atoms with Gasteiger partial charge in [0.05, 0.1) is 12.4 Å². The van der Waals surface area contributed by atoms with Crippen LogP contribution in [0.2, 0.25) is 0 Å². The second-order valence-corrected chi connectivity index (χ2v) is 6.85. The van der Waals surface area contributed by atoms with E-state index < -0.39 is 6.09 Å². The Labute approximate surface area is 163 Å². The predicted molar refractivity (Wildman–Crippen MR) is 109 cm³/mol. The molecule has 0 bridgehead atoms. The van der Waals surface area contributed by atoms with E-state index in [1.54, 1.807) is 36.0 Å². The highest BCUT2D eigenvalue weighted by atomic mass is 32.2. The van der Waals surface area contributed by atoms with Crippen LogP contribution in [0.25, 0.3) is 0 Å². The molecule has 27 heavy (non-hydrogen) atoms. The van der Waals surface area contributed by atoms with Crippen LogP contribution in [0.15, 0.2) is 48.5 Å². The molecule has 0 aliphatic heterocycles. The lowest BCUT2D eigenvalue weighted by molar-refractivity contribution is -0.113. The molecule has 144 valence electrons. The van der Waals surface area contributed by atoms with E-state index in [0.29, 0.717) is 23.7 Å². The molecule has 0 aliphatic rings. The van der Waals surface area contributed by atoms with Crippen molar-refractivity contribution in [2.45, 2.75) is 12.7 Å². The summed E-state index contributed by atoms with van der Waals surface area (Å²) in [4.78, 5) is 23.8. The molecule has 0 aromatic heterocycles. The maximum atomic E-state index is 12.1. The van der Waals surface area contributed by atoms with Crippen LogP contribution >= 0.6 is 11.8 Å². The van der Waals surface area contributed by atoms with Crippen LogP contribution in [-0.4, -0.2) is 38.1 Å². The molecular formula is C20H24N2O4S. The number of amides is 2. The van der Waals surface area contributed by atoms with E-state index in [0.717, 1.165) is 5.75 Å². The fourth-order valence-corrected chi connectivity index (χ4v) is 3.08. The largest absolute Gasteiger partial charge is 0.447 e. The van der Waals surface area contributed by atoms with Gasteiger partial charge in [-0.25, -0.2) is 4.79 Å². The van der Waals surface area contributed by atoms with Gasteiger partial charge in [-0.1, -0.05) is 35.9 Å². The summed E-state index contributed by atoms with van der Waals surface area (Å²) in [5, 5.41) is 5.44. The Morgan fingerprint density at radius 1 is 1.00 bits per heavy atom. The van der Waals surface area contributed by atoms with E-state index >= 15 is 0 Å². The Kier molecular flexibility index (Phi) is 8.67. The van der Waals surface area contributed by atoms with Crippen LogP contribution in [-0.2, 0) is 20.0 Å². The van der Waals surface area contributed by atoms with Crippen LogP contribution < -0.4 is 10.6 Å². The summed E-state index contributed by atoms with van der Waals surface area (Å²) in [6, 6.07) is 15.2. The number of rotatable bonds is 9. The number of methoxy groups -OCH3 is 1. The fraction of sp³-hybridized carbons (Fsp3) is 0.300. The standard InChI is InChI=1S/C20H24N2O4S/c1-15-5-3-6-16(11-15)13-27-14-19(23)21-17-7-4-8-18(12-17)22-20(24)26-10-9-25-2/h3-8,11-12H,9-10,13-14H2,1-2H3,(H,21,23)(H,22,24). The number of benzene rings is 2. The molecule has 2 rings (SSSR count). The van der Waals surface area contributed by atoms with Crippen molar-refractivity contribution in [3.63, 3.8) is 0 Å². The number of nitrogens with one attached hydrogen (secondary N) is 2. The topological polar surface area (TPSA) is 76.7 Å². The molecule has 2 aromatic carbocycles. The minimum atomic E-state index is -0.566. The lowest BCUT2D eigenvalue weighted by Crippen LogP contribution is -2.17. The molecule has 0 spiro atoms. The first kappa shape index (κ1) is 20.8. The summed E-state index contributed by atoms with van der Waals surface area (Å²) < 4.78 is 9.76. The van der Waals surface area contributed by atoms with Crippen molar-refractivity contribution in [2.75, 3.05) is 36.7 Å². The highest BCUT2D eigenvalue weighted by molar-refractivity contribution is 7.99. The van der Waals surface area contributed by atoms with Crippen molar-refractivity contribution in [2.24, 2.45) is 0 Å². The molecule has 2 aromatic rings. The van der Waals surface area contributed by atoms with Crippen LogP contribution in [0.5, 0.6) is 0 Å². The molecule has 7 heteroatoms. The average Bonchev–Trinajstić information content (AvgIpc) is 2.62. The Hall–Kier alpha value is -2.51. The van der Waals surface area contributed by atoms with E-state index in [4.69, 9.17) is 9.47 Å². The van der Waals surface area contributed by atoms with Crippen molar-refractivity contribution in [1.29, 1.82) is 0 Å². The number of carbonyl (C=O) groups is 2. The van der Waals surface area contributed by atoms with E-state index in [-0.39, 0.29) is 12.5 Å². The molecule has 2 N–H and O–H groups in total. The van der Waals surface area contributed by atoms with E-state index in [1.807, 2.05) is 6.07 Å². The number of ether oxygens (including phenoxy) is 2. The van der Waals surface area contributed by atoms with Crippen molar-refractivity contribution in [1.82, 2.24) is 0 Å². The van der Waals surface area contributed by atoms with Gasteiger partial charge in [0.2, 0.25) is 5.91 Å². The monoisotopic (exact) mass is 388 g/mol. The van der Waals surface area contributed by atoms with Crippen molar-refractivity contribution >= 4 is 35.1 Å². The lowest BCUT2D eigenvalue weighted by atomic mass is 10.2. The summed E-state index contributed by atoms with van der Waals surface area (Å²) >= 11 is 1.55. The second-order valence-electron chi connectivity index (χ2n) is 5.86. The summed E-state index contributed by atoms with van der Waals surface area (Å²) in [5.74, 6) is 1.04. The first-order valence-corrected chi connectivity index (χ1v) is 9.68. The molecule has 0 heterocycles. The van der Waals surface area contributed by atoms with Crippen LogP contribution in [0.3, 0.4) is 0 Å². The summed E-state index contributed by atoms with van der Waals surface area (Å²) in [6.07, 6.45) is -0.566. The maximum Gasteiger partial charge on any atom is 0.411 e. The smallest absolute Gasteiger partial charge is 0.411 e. The predicted octanol–water partition coefficient (Wildman–Crippen LogP) is 4.06. The van der Waals surface area contributed by atoms with Gasteiger partial charge in [-0.15, -0.1) is 11.8 Å². The average molecular weight is 388 g/mol. The highest BCUT2D eigenvalue weighted by Gasteiger charge is 2.06. The molecule has 0 atom stereocenters. The lowest BCUT2D eigenvalue weighted by Gasteiger charge is -2.09. The van der Waals surface area contributed by atoms with Gasteiger partial charge in [0.1, 0.15) is 6.61 Å². The van der Waals surface area contributed by atoms with Gasteiger partial charge in [0.15, 0.2) is 0 Å². The van der Waals surface area contributed by atoms with Gasteiger partial charge < -0.3 is 14.8 Å². The number of aryl methyl sites for hydroxylation is 1. The number of hydrogen-bond acceptors (Lipinski definition) is 5. The third-order valence-corrected chi connectivity index (χ3v) is 4.50. The summed E-state index contributed by atoms with van der Waals surface area (Å²) in [7, 11) is 1.53. The maximum absolute atomic E-state index is 12.1. The minimum absolute atomic E-state index is 0.0903. The molecule has 0 unspecified atom stereocenters. The quantitative estimate of drug-likeness (QED) is 0.634. The van der Waals surface area contributed by atoms with Crippen LogP contribution in [0, 0.1) is 6.92 Å². The first-order valence-electron chi connectivity index (χ1n) is 8.53. The zero-order valence-electron chi connectivity index (χ0n) is 15.5. The zero-order chi connectivity index (χ0) is 19.5. The number of hydrogen-bond donors (Lipinski definition) is 2. The summed E-state index contributed by atoms with van der Waals surface area (Å²) in [5.41, 5.74) is 3.57. The molecule has 2 amide bonds. The van der Waals surface area contributed by atoms with Crippen LogP contribution in [0.1, 0.15) is 11.1 Å². The Balaban J connectivity index is 1.77.